The number of hydrogen-bond donors (Lipinski definition) is 1. The van der Waals surface area contributed by atoms with Crippen molar-refractivity contribution in [1.29, 1.82) is 0 Å². The number of nitrogens with one attached hydrogen (secondary N) is 1. The number of benzene rings is 2. The zero-order valence-corrected chi connectivity index (χ0v) is 18.2. The molecule has 0 unspecified atom stereocenters. The molecule has 0 aliphatic carbocycles. The molecular weight excluding hydrogens is 465 g/mol. The third kappa shape index (κ3) is 4.23. The van der Waals surface area contributed by atoms with Gasteiger partial charge in [-0.2, -0.15) is 0 Å². The number of fused-ring (bicyclic) bond motifs is 1. The lowest BCUT2D eigenvalue weighted by atomic mass is 10.1. The van der Waals surface area contributed by atoms with Gasteiger partial charge in [0, 0.05) is 28.2 Å². The number of aromatic nitrogens is 2. The first-order valence-electron chi connectivity index (χ1n) is 8.47. The highest BCUT2D eigenvalue weighted by molar-refractivity contribution is 9.10. The molecule has 7 heteroatoms. The summed E-state index contributed by atoms with van der Waals surface area (Å²) < 4.78 is 3.22. The quantitative estimate of drug-likeness (QED) is 0.320. The van der Waals surface area contributed by atoms with Crippen LogP contribution in [0.15, 0.2) is 58.5 Å². The summed E-state index contributed by atoms with van der Waals surface area (Å²) in [5.41, 5.74) is 4.48. The Morgan fingerprint density at radius 2 is 1.89 bits per heavy atom. The maximum atomic E-state index is 6.09. The Kier molecular flexibility index (Phi) is 5.85. The van der Waals surface area contributed by atoms with Gasteiger partial charge < -0.3 is 5.32 Å². The molecule has 0 bridgehead atoms. The first kappa shape index (κ1) is 19.0. The number of halogens is 3. The van der Waals surface area contributed by atoms with Gasteiger partial charge in [-0.05, 0) is 42.8 Å². The van der Waals surface area contributed by atoms with Gasteiger partial charge in [-0.15, -0.1) is 11.3 Å². The van der Waals surface area contributed by atoms with E-state index in [0.717, 1.165) is 40.2 Å². The van der Waals surface area contributed by atoms with Gasteiger partial charge >= 0.3 is 0 Å². The van der Waals surface area contributed by atoms with E-state index in [2.05, 4.69) is 49.4 Å². The zero-order chi connectivity index (χ0) is 18.8. The third-order valence-electron chi connectivity index (χ3n) is 4.35. The highest BCUT2D eigenvalue weighted by Crippen LogP contribution is 2.28. The second-order valence-electron chi connectivity index (χ2n) is 6.14. The van der Waals surface area contributed by atoms with Gasteiger partial charge in [0.2, 0.25) is 0 Å². The summed E-state index contributed by atoms with van der Waals surface area (Å²) in [6.07, 6.45) is 2.96. The van der Waals surface area contributed by atoms with E-state index in [-0.39, 0.29) is 0 Å². The summed E-state index contributed by atoms with van der Waals surface area (Å²) in [7, 11) is 0. The van der Waals surface area contributed by atoms with Gasteiger partial charge in [0.25, 0.3) is 0 Å². The Labute approximate surface area is 180 Å². The molecule has 2 aromatic carbocycles. The molecule has 0 aliphatic rings. The first-order chi connectivity index (χ1) is 13.1. The van der Waals surface area contributed by atoms with Crippen LogP contribution in [0.3, 0.4) is 0 Å². The fourth-order valence-electron chi connectivity index (χ4n) is 2.98. The molecule has 0 aliphatic heterocycles. The molecule has 0 amide bonds. The molecule has 0 saturated carbocycles. The Morgan fingerprint density at radius 3 is 2.67 bits per heavy atom. The van der Waals surface area contributed by atoms with Crippen LogP contribution < -0.4 is 5.32 Å². The molecular formula is C20H16BrCl2N3S. The molecule has 2 heterocycles. The minimum absolute atomic E-state index is 0.589. The predicted molar refractivity (Wildman–Crippen MR) is 118 cm³/mol. The highest BCUT2D eigenvalue weighted by atomic mass is 79.9. The van der Waals surface area contributed by atoms with Crippen LogP contribution in [-0.4, -0.2) is 15.9 Å². The second-order valence-corrected chi connectivity index (χ2v) is 8.75. The Bertz CT molecular complexity index is 1070. The van der Waals surface area contributed by atoms with Gasteiger partial charge in [-0.1, -0.05) is 57.3 Å². The summed E-state index contributed by atoms with van der Waals surface area (Å²) in [6.45, 7) is 1.58. The van der Waals surface area contributed by atoms with Crippen LogP contribution >= 0.6 is 50.5 Å². The predicted octanol–water partition coefficient (Wildman–Crippen LogP) is 6.46. The number of hydrogen-bond acceptors (Lipinski definition) is 3. The van der Waals surface area contributed by atoms with Crippen LogP contribution in [-0.2, 0) is 13.0 Å². The number of imidazole rings is 1. The van der Waals surface area contributed by atoms with Gasteiger partial charge in [0.05, 0.1) is 21.4 Å². The smallest absolute Gasteiger partial charge is 0.194 e. The van der Waals surface area contributed by atoms with Gasteiger partial charge in [-0.3, -0.25) is 4.40 Å². The van der Waals surface area contributed by atoms with Crippen LogP contribution in [0.4, 0.5) is 0 Å². The van der Waals surface area contributed by atoms with E-state index in [1.807, 2.05) is 30.3 Å². The SMILES string of the molecule is Clc1ccc(CCNCc2c(-c3ccc(Br)cc3)nc3sccn23)cc1Cl. The summed E-state index contributed by atoms with van der Waals surface area (Å²) in [5.74, 6) is 0. The topological polar surface area (TPSA) is 29.3 Å². The standard InChI is InChI=1S/C20H16BrCl2N3S/c21-15-4-2-14(3-5-15)19-18(26-9-10-27-20(26)25-19)12-24-8-7-13-1-6-16(22)17(23)11-13/h1-6,9-11,24H,7-8,12H2. The molecule has 27 heavy (non-hydrogen) atoms. The second kappa shape index (κ2) is 8.33. The maximum Gasteiger partial charge on any atom is 0.194 e. The number of rotatable bonds is 6. The number of thiazole rings is 1. The van der Waals surface area contributed by atoms with E-state index in [1.165, 1.54) is 11.3 Å². The Morgan fingerprint density at radius 1 is 1.07 bits per heavy atom. The van der Waals surface area contributed by atoms with Crippen molar-refractivity contribution in [1.82, 2.24) is 14.7 Å². The Hall–Kier alpha value is -1.37. The van der Waals surface area contributed by atoms with E-state index < -0.39 is 0 Å². The van der Waals surface area contributed by atoms with Crippen molar-refractivity contribution in [2.75, 3.05) is 6.54 Å². The average molecular weight is 481 g/mol. The molecule has 0 saturated heterocycles. The molecule has 0 spiro atoms. The molecule has 0 fully saturated rings. The van der Waals surface area contributed by atoms with Crippen molar-refractivity contribution in [3.8, 4) is 11.3 Å². The van der Waals surface area contributed by atoms with Crippen molar-refractivity contribution in [2.24, 2.45) is 0 Å². The Balaban J connectivity index is 1.49. The minimum Gasteiger partial charge on any atom is -0.311 e. The third-order valence-corrected chi connectivity index (χ3v) is 6.37. The molecule has 138 valence electrons. The maximum absolute atomic E-state index is 6.09. The average Bonchev–Trinajstić information content (AvgIpc) is 3.24. The molecule has 4 aromatic rings. The van der Waals surface area contributed by atoms with Crippen LogP contribution in [0.5, 0.6) is 0 Å². The van der Waals surface area contributed by atoms with Crippen LogP contribution in [0.25, 0.3) is 16.2 Å². The van der Waals surface area contributed by atoms with Crippen LogP contribution in [0.1, 0.15) is 11.3 Å². The lowest BCUT2D eigenvalue weighted by Gasteiger charge is -2.08. The lowest BCUT2D eigenvalue weighted by Crippen LogP contribution is -2.18. The summed E-state index contributed by atoms with van der Waals surface area (Å²) in [6, 6.07) is 14.1. The van der Waals surface area contributed by atoms with Crippen molar-refractivity contribution in [2.45, 2.75) is 13.0 Å². The molecule has 2 aromatic heterocycles. The molecule has 3 nitrogen and oxygen atoms in total. The van der Waals surface area contributed by atoms with Crippen molar-refractivity contribution < 1.29 is 0 Å². The summed E-state index contributed by atoms with van der Waals surface area (Å²) in [4.78, 5) is 5.83. The first-order valence-corrected chi connectivity index (χ1v) is 10.9. The molecule has 4 rings (SSSR count). The molecule has 0 radical (unpaired) electrons. The zero-order valence-electron chi connectivity index (χ0n) is 14.3. The number of nitrogens with zero attached hydrogens (tertiary/aromatic N) is 2. The van der Waals surface area contributed by atoms with Crippen molar-refractivity contribution >= 4 is 55.4 Å². The van der Waals surface area contributed by atoms with E-state index in [0.29, 0.717) is 10.0 Å². The fourth-order valence-corrected chi connectivity index (χ4v) is 4.29. The van der Waals surface area contributed by atoms with Crippen molar-refractivity contribution in [3.63, 3.8) is 0 Å². The van der Waals surface area contributed by atoms with Gasteiger partial charge in [-0.25, -0.2) is 4.98 Å². The van der Waals surface area contributed by atoms with E-state index in [1.54, 1.807) is 11.3 Å². The van der Waals surface area contributed by atoms with E-state index >= 15 is 0 Å². The minimum atomic E-state index is 0.589. The van der Waals surface area contributed by atoms with E-state index in [9.17, 15) is 0 Å². The van der Waals surface area contributed by atoms with Crippen molar-refractivity contribution in [3.05, 3.63) is 79.8 Å². The fraction of sp³-hybridized carbons (Fsp3) is 0.150. The van der Waals surface area contributed by atoms with Gasteiger partial charge in [0.15, 0.2) is 4.96 Å². The highest BCUT2D eigenvalue weighted by Gasteiger charge is 2.14. The van der Waals surface area contributed by atoms with Crippen LogP contribution in [0, 0.1) is 0 Å². The largest absolute Gasteiger partial charge is 0.311 e. The van der Waals surface area contributed by atoms with Crippen LogP contribution in [0.2, 0.25) is 10.0 Å². The molecule has 1 N–H and O–H groups in total. The molecule has 0 atom stereocenters. The summed E-state index contributed by atoms with van der Waals surface area (Å²) >= 11 is 17.2. The normalized spacial score (nSPS) is 11.4. The van der Waals surface area contributed by atoms with E-state index in [4.69, 9.17) is 28.2 Å². The summed E-state index contributed by atoms with van der Waals surface area (Å²) in [5, 5.41) is 6.78. The van der Waals surface area contributed by atoms with Gasteiger partial charge in [0.1, 0.15) is 0 Å². The monoisotopic (exact) mass is 479 g/mol. The lowest BCUT2D eigenvalue weighted by molar-refractivity contribution is 0.673.